The Balaban J connectivity index is 2.09. The highest BCUT2D eigenvalue weighted by molar-refractivity contribution is 8.04. The highest BCUT2D eigenvalue weighted by atomic mass is 32.2. The summed E-state index contributed by atoms with van der Waals surface area (Å²) in [6.07, 6.45) is 0. The summed E-state index contributed by atoms with van der Waals surface area (Å²) in [5.41, 5.74) is 0.715. The van der Waals surface area contributed by atoms with Crippen LogP contribution >= 0.6 is 11.8 Å². The van der Waals surface area contributed by atoms with Crippen molar-refractivity contribution in [1.29, 1.82) is 0 Å². The minimum absolute atomic E-state index is 0.0656. The van der Waals surface area contributed by atoms with Crippen LogP contribution in [0.25, 0.3) is 5.57 Å². The molecule has 132 valence electrons. The van der Waals surface area contributed by atoms with Crippen molar-refractivity contribution >= 4 is 34.8 Å². The van der Waals surface area contributed by atoms with Crippen LogP contribution in [-0.4, -0.2) is 27.7 Å². The number of hydrogen-bond acceptors (Lipinski definition) is 5. The number of hydrogen-bond donors (Lipinski definition) is 0. The van der Waals surface area contributed by atoms with Crippen molar-refractivity contribution in [2.75, 3.05) is 0 Å². The van der Waals surface area contributed by atoms with Gasteiger partial charge in [-0.25, -0.2) is 0 Å². The van der Waals surface area contributed by atoms with Gasteiger partial charge in [-0.2, -0.15) is 0 Å². The summed E-state index contributed by atoms with van der Waals surface area (Å²) in [5, 5.41) is 10.9. The van der Waals surface area contributed by atoms with Gasteiger partial charge in [0, 0.05) is 23.1 Å². The average molecular weight is 368 g/mol. The first-order chi connectivity index (χ1) is 12.4. The molecule has 1 heterocycles. The van der Waals surface area contributed by atoms with Crippen molar-refractivity contribution < 1.29 is 14.5 Å². The SMILES string of the molecule is CC(C)N1C(=O)C(Sc2ccccc2)=C(c2ccc([N+](=O)[O-])cc2)C1=O. The summed E-state index contributed by atoms with van der Waals surface area (Å²) in [6, 6.07) is 14.7. The van der Waals surface area contributed by atoms with Crippen molar-refractivity contribution in [1.82, 2.24) is 4.90 Å². The van der Waals surface area contributed by atoms with Crippen LogP contribution in [0.4, 0.5) is 5.69 Å². The molecule has 0 aromatic heterocycles. The molecule has 6 nitrogen and oxygen atoms in total. The highest BCUT2D eigenvalue weighted by Gasteiger charge is 2.40. The topological polar surface area (TPSA) is 80.5 Å². The molecule has 0 saturated heterocycles. The van der Waals surface area contributed by atoms with E-state index in [4.69, 9.17) is 0 Å². The van der Waals surface area contributed by atoms with Gasteiger partial charge in [-0.1, -0.05) is 30.0 Å². The van der Waals surface area contributed by atoms with Crippen LogP contribution in [0.2, 0.25) is 0 Å². The lowest BCUT2D eigenvalue weighted by Gasteiger charge is -2.19. The lowest BCUT2D eigenvalue weighted by atomic mass is 10.1. The molecule has 0 N–H and O–H groups in total. The largest absolute Gasteiger partial charge is 0.271 e. The Labute approximate surface area is 154 Å². The zero-order valence-corrected chi connectivity index (χ0v) is 15.0. The van der Waals surface area contributed by atoms with E-state index in [2.05, 4.69) is 0 Å². The van der Waals surface area contributed by atoms with Crippen LogP contribution in [0.15, 0.2) is 64.4 Å². The predicted molar refractivity (Wildman–Crippen MR) is 99.3 cm³/mol. The van der Waals surface area contributed by atoms with E-state index >= 15 is 0 Å². The van der Waals surface area contributed by atoms with Gasteiger partial charge in [0.2, 0.25) is 0 Å². The van der Waals surface area contributed by atoms with Crippen molar-refractivity contribution in [3.05, 3.63) is 75.2 Å². The van der Waals surface area contributed by atoms with Crippen molar-refractivity contribution in [3.8, 4) is 0 Å². The molecule has 0 aliphatic carbocycles. The fraction of sp³-hybridized carbons (Fsp3) is 0.158. The van der Waals surface area contributed by atoms with Gasteiger partial charge in [0.05, 0.1) is 15.4 Å². The van der Waals surface area contributed by atoms with Crippen molar-refractivity contribution in [2.45, 2.75) is 24.8 Å². The fourth-order valence-electron chi connectivity index (χ4n) is 2.70. The first-order valence-corrected chi connectivity index (χ1v) is 8.81. The monoisotopic (exact) mass is 368 g/mol. The smallest absolute Gasteiger partial charge is 0.269 e. The third-order valence-electron chi connectivity index (χ3n) is 3.92. The minimum Gasteiger partial charge on any atom is -0.271 e. The van der Waals surface area contributed by atoms with Crippen LogP contribution in [0.3, 0.4) is 0 Å². The van der Waals surface area contributed by atoms with Crippen LogP contribution in [0, 0.1) is 10.1 Å². The third-order valence-corrected chi connectivity index (χ3v) is 5.01. The maximum Gasteiger partial charge on any atom is 0.269 e. The lowest BCUT2D eigenvalue weighted by molar-refractivity contribution is -0.384. The quantitative estimate of drug-likeness (QED) is 0.455. The third kappa shape index (κ3) is 3.25. The molecule has 7 heteroatoms. The molecule has 0 radical (unpaired) electrons. The van der Waals surface area contributed by atoms with E-state index < -0.39 is 4.92 Å². The summed E-state index contributed by atoms with van der Waals surface area (Å²) in [7, 11) is 0. The molecule has 0 unspecified atom stereocenters. The van der Waals surface area contributed by atoms with E-state index in [1.54, 1.807) is 13.8 Å². The molecule has 2 aromatic rings. The van der Waals surface area contributed by atoms with E-state index in [0.717, 1.165) is 4.90 Å². The molecular formula is C19H16N2O4S. The second-order valence-electron chi connectivity index (χ2n) is 6.00. The second-order valence-corrected chi connectivity index (χ2v) is 7.08. The summed E-state index contributed by atoms with van der Waals surface area (Å²) < 4.78 is 0. The van der Waals surface area contributed by atoms with Gasteiger partial charge in [-0.3, -0.25) is 24.6 Å². The highest BCUT2D eigenvalue weighted by Crippen LogP contribution is 2.40. The Kier molecular flexibility index (Phi) is 4.90. The number of non-ortho nitro benzene ring substituents is 1. The zero-order valence-electron chi connectivity index (χ0n) is 14.2. The summed E-state index contributed by atoms with van der Waals surface area (Å²) in [6.45, 7) is 3.55. The molecule has 0 saturated carbocycles. The molecule has 2 aromatic carbocycles. The van der Waals surface area contributed by atoms with E-state index in [-0.39, 0.29) is 29.1 Å². The van der Waals surface area contributed by atoms with E-state index in [1.165, 1.54) is 40.9 Å². The van der Waals surface area contributed by atoms with Crippen LogP contribution in [-0.2, 0) is 9.59 Å². The van der Waals surface area contributed by atoms with Gasteiger partial charge >= 0.3 is 0 Å². The Bertz CT molecular complexity index is 905. The summed E-state index contributed by atoms with van der Waals surface area (Å²) in [5.74, 6) is -0.718. The van der Waals surface area contributed by atoms with E-state index in [1.807, 2.05) is 30.3 Å². The van der Waals surface area contributed by atoms with Gasteiger partial charge in [0.15, 0.2) is 0 Å². The number of nitro benzene ring substituents is 1. The number of nitro groups is 1. The fourth-order valence-corrected chi connectivity index (χ4v) is 3.72. The number of nitrogens with zero attached hydrogens (tertiary/aromatic N) is 2. The van der Waals surface area contributed by atoms with Crippen LogP contribution in [0.5, 0.6) is 0 Å². The Morgan fingerprint density at radius 2 is 1.58 bits per heavy atom. The van der Waals surface area contributed by atoms with E-state index in [0.29, 0.717) is 10.5 Å². The van der Waals surface area contributed by atoms with Crippen LogP contribution < -0.4 is 0 Å². The molecular weight excluding hydrogens is 352 g/mol. The number of benzene rings is 2. The van der Waals surface area contributed by atoms with Crippen molar-refractivity contribution in [3.63, 3.8) is 0 Å². The number of carbonyl (C=O) groups excluding carboxylic acids is 2. The average Bonchev–Trinajstić information content (AvgIpc) is 2.86. The molecule has 26 heavy (non-hydrogen) atoms. The summed E-state index contributed by atoms with van der Waals surface area (Å²) in [4.78, 5) is 38.5. The van der Waals surface area contributed by atoms with Gasteiger partial charge in [0.25, 0.3) is 17.5 Å². The predicted octanol–water partition coefficient (Wildman–Crippen LogP) is 3.88. The molecule has 1 aliphatic rings. The normalized spacial score (nSPS) is 14.5. The molecule has 0 spiro atoms. The maximum atomic E-state index is 12.9. The molecule has 0 fully saturated rings. The van der Waals surface area contributed by atoms with Gasteiger partial charge < -0.3 is 0 Å². The minimum atomic E-state index is -0.500. The van der Waals surface area contributed by atoms with E-state index in [9.17, 15) is 19.7 Å². The Hall–Kier alpha value is -2.93. The van der Waals surface area contributed by atoms with Gasteiger partial charge in [-0.05, 0) is 43.7 Å². The first-order valence-electron chi connectivity index (χ1n) is 8.00. The Morgan fingerprint density at radius 1 is 0.962 bits per heavy atom. The number of rotatable bonds is 5. The molecule has 0 bridgehead atoms. The molecule has 2 amide bonds. The lowest BCUT2D eigenvalue weighted by Crippen LogP contribution is -2.37. The molecule has 1 aliphatic heterocycles. The number of amides is 2. The van der Waals surface area contributed by atoms with Gasteiger partial charge in [-0.15, -0.1) is 0 Å². The Morgan fingerprint density at radius 3 is 2.12 bits per heavy atom. The number of carbonyl (C=O) groups is 2. The van der Waals surface area contributed by atoms with Crippen molar-refractivity contribution in [2.24, 2.45) is 0 Å². The molecule has 0 atom stereocenters. The maximum absolute atomic E-state index is 12.9. The van der Waals surface area contributed by atoms with Gasteiger partial charge in [0.1, 0.15) is 0 Å². The number of imide groups is 1. The standard InChI is InChI=1S/C19H16N2O4S/c1-12(2)20-18(22)16(13-8-10-14(11-9-13)21(24)25)17(19(20)23)26-15-6-4-3-5-7-15/h3-12H,1-2H3. The summed E-state index contributed by atoms with van der Waals surface area (Å²) >= 11 is 1.23. The second kappa shape index (κ2) is 7.13. The van der Waals surface area contributed by atoms with Crippen LogP contribution in [0.1, 0.15) is 19.4 Å². The number of thioether (sulfide) groups is 1. The first kappa shape index (κ1) is 17.9. The molecule has 3 rings (SSSR count). The zero-order chi connectivity index (χ0) is 18.8.